The molecule has 0 bridgehead atoms. The Morgan fingerprint density at radius 2 is 2.00 bits per heavy atom. The van der Waals surface area contributed by atoms with Crippen LogP contribution in [0, 0.1) is 0 Å². The van der Waals surface area contributed by atoms with Crippen LogP contribution in [0.25, 0.3) is 22.5 Å². The van der Waals surface area contributed by atoms with Gasteiger partial charge in [-0.2, -0.15) is 0 Å². The Morgan fingerprint density at radius 3 is 2.73 bits per heavy atom. The summed E-state index contributed by atoms with van der Waals surface area (Å²) >= 11 is 7.72. The monoisotopic (exact) mass is 462 g/mol. The van der Waals surface area contributed by atoms with Crippen LogP contribution in [0.2, 0.25) is 5.02 Å². The third-order valence-corrected chi connectivity index (χ3v) is 6.72. The number of hydrogen-bond acceptors (Lipinski definition) is 6. The largest absolute Gasteiger partial charge is 0.444 e. The van der Waals surface area contributed by atoms with Gasteiger partial charge in [-0.3, -0.25) is 0 Å². The van der Waals surface area contributed by atoms with Gasteiger partial charge in [-0.1, -0.05) is 42.4 Å². The minimum absolute atomic E-state index is 0.0496. The first-order valence-corrected chi connectivity index (χ1v) is 12.1. The Kier molecular flexibility index (Phi) is 5.88. The molecule has 0 amide bonds. The van der Waals surface area contributed by atoms with Gasteiger partial charge in [-0.15, -0.1) is 0 Å². The molecule has 4 aromatic rings. The summed E-state index contributed by atoms with van der Waals surface area (Å²) in [5.41, 5.74) is 2.96. The normalized spacial score (nSPS) is 12.0. The van der Waals surface area contributed by atoms with Gasteiger partial charge in [0.2, 0.25) is 15.9 Å². The molecule has 2 aromatic heterocycles. The third-order valence-electron chi connectivity index (χ3n) is 4.47. The lowest BCUT2D eigenvalue weighted by molar-refractivity contribution is 0.573. The number of hydrogen-bond donors (Lipinski definition) is 1. The predicted molar refractivity (Wildman–Crippen MR) is 118 cm³/mol. The summed E-state index contributed by atoms with van der Waals surface area (Å²) in [5, 5.41) is 6.61. The number of oxazole rings is 1. The number of sulfonamides is 1. The van der Waals surface area contributed by atoms with E-state index < -0.39 is 10.0 Å². The molecule has 10 heteroatoms. The summed E-state index contributed by atoms with van der Waals surface area (Å²) in [4.78, 5) is 9.20. The molecule has 7 nitrogen and oxygen atoms in total. The van der Waals surface area contributed by atoms with Gasteiger partial charge < -0.3 is 8.98 Å². The van der Waals surface area contributed by atoms with Crippen molar-refractivity contribution in [1.29, 1.82) is 0 Å². The molecule has 0 aliphatic carbocycles. The number of fused-ring (bicyclic) bond motifs is 1. The van der Waals surface area contributed by atoms with Crippen molar-refractivity contribution < 1.29 is 12.8 Å². The number of rotatable bonds is 7. The van der Waals surface area contributed by atoms with Crippen molar-refractivity contribution in [2.45, 2.75) is 35.7 Å². The van der Waals surface area contributed by atoms with E-state index in [4.69, 9.17) is 21.2 Å². The molecular weight excluding hydrogens is 444 g/mol. The Hall–Kier alpha value is -2.33. The molecule has 0 saturated carbocycles. The van der Waals surface area contributed by atoms with Crippen molar-refractivity contribution in [3.63, 3.8) is 0 Å². The number of thioether (sulfide) groups is 1. The van der Waals surface area contributed by atoms with Crippen LogP contribution in [0.3, 0.4) is 0 Å². The lowest BCUT2D eigenvalue weighted by Crippen LogP contribution is -2.11. The van der Waals surface area contributed by atoms with E-state index in [1.165, 1.54) is 23.9 Å². The highest BCUT2D eigenvalue weighted by molar-refractivity contribution is 7.98. The van der Waals surface area contributed by atoms with Crippen LogP contribution in [-0.2, 0) is 22.3 Å². The first-order valence-electron chi connectivity index (χ1n) is 9.22. The van der Waals surface area contributed by atoms with E-state index in [-0.39, 0.29) is 4.90 Å². The average molecular weight is 463 g/mol. The van der Waals surface area contributed by atoms with Crippen LogP contribution in [0.1, 0.15) is 19.0 Å². The van der Waals surface area contributed by atoms with E-state index in [0.29, 0.717) is 22.2 Å². The van der Waals surface area contributed by atoms with Crippen molar-refractivity contribution >= 4 is 44.4 Å². The van der Waals surface area contributed by atoms with Gasteiger partial charge in [0, 0.05) is 12.3 Å². The van der Waals surface area contributed by atoms with Gasteiger partial charge in [0.05, 0.1) is 32.2 Å². The van der Waals surface area contributed by atoms with Crippen LogP contribution < -0.4 is 5.14 Å². The Morgan fingerprint density at radius 1 is 1.20 bits per heavy atom. The number of halogens is 1. The second-order valence-corrected chi connectivity index (χ2v) is 9.57. The average Bonchev–Trinajstić information content (AvgIpc) is 3.31. The molecule has 0 aliphatic heterocycles. The van der Waals surface area contributed by atoms with Crippen LogP contribution in [-0.4, -0.2) is 23.0 Å². The molecule has 156 valence electrons. The molecule has 0 fully saturated rings. The number of primary sulfonamides is 1. The number of aromatic nitrogens is 3. The summed E-state index contributed by atoms with van der Waals surface area (Å²) in [5.74, 6) is 1.01. The lowest BCUT2D eigenvalue weighted by atomic mass is 10.2. The van der Waals surface area contributed by atoms with E-state index >= 15 is 0 Å². The minimum Gasteiger partial charge on any atom is -0.444 e. The maximum Gasteiger partial charge on any atom is 0.238 e. The van der Waals surface area contributed by atoms with Crippen LogP contribution >= 0.6 is 23.4 Å². The summed E-state index contributed by atoms with van der Waals surface area (Å²) < 4.78 is 31.0. The van der Waals surface area contributed by atoms with Crippen LogP contribution in [0.15, 0.2) is 63.2 Å². The Bertz CT molecular complexity index is 1310. The molecule has 0 aliphatic rings. The molecule has 0 radical (unpaired) electrons. The molecule has 30 heavy (non-hydrogen) atoms. The highest BCUT2D eigenvalue weighted by Gasteiger charge is 2.16. The molecule has 4 rings (SSSR count). The molecule has 2 aromatic carbocycles. The fourth-order valence-electron chi connectivity index (χ4n) is 3.08. The zero-order chi connectivity index (χ0) is 21.3. The maximum atomic E-state index is 11.7. The quantitative estimate of drug-likeness (QED) is 0.399. The molecule has 0 spiro atoms. The molecule has 2 N–H and O–H groups in total. The Balaban J connectivity index is 1.61. The summed E-state index contributed by atoms with van der Waals surface area (Å²) in [7, 11) is -3.78. The first kappa shape index (κ1) is 20.9. The van der Waals surface area contributed by atoms with E-state index in [1.807, 2.05) is 18.2 Å². The van der Waals surface area contributed by atoms with Crippen LogP contribution in [0.5, 0.6) is 0 Å². The fourth-order valence-corrected chi connectivity index (χ4v) is 4.75. The zero-order valence-electron chi connectivity index (χ0n) is 16.1. The standard InChI is InChI=1S/C20H19ClN4O3S2/c1-2-9-25-18-8-7-14(30(22,26)27)10-17(18)24-20(25)29-12-13-11-28-19(23-13)15-5-3-4-6-16(15)21/h3-8,10-11H,2,9,12H2,1H3,(H2,22,26,27). The molecule has 0 saturated heterocycles. The van der Waals surface area contributed by atoms with E-state index in [2.05, 4.69) is 21.5 Å². The van der Waals surface area contributed by atoms with Gasteiger partial charge in [0.15, 0.2) is 5.16 Å². The summed E-state index contributed by atoms with van der Waals surface area (Å²) in [6.07, 6.45) is 2.52. The summed E-state index contributed by atoms with van der Waals surface area (Å²) in [6.45, 7) is 2.84. The number of nitrogens with two attached hydrogens (primary N) is 1. The number of aryl methyl sites for hydroxylation is 1. The highest BCUT2D eigenvalue weighted by Crippen LogP contribution is 2.31. The fraction of sp³-hybridized carbons (Fsp3) is 0.200. The second-order valence-electron chi connectivity index (χ2n) is 6.65. The third kappa shape index (κ3) is 4.24. The van der Waals surface area contributed by atoms with Crippen molar-refractivity contribution in [1.82, 2.24) is 14.5 Å². The number of nitrogens with zero attached hydrogens (tertiary/aromatic N) is 3. The Labute approximate surface area is 183 Å². The first-order chi connectivity index (χ1) is 14.4. The van der Waals surface area contributed by atoms with Crippen LogP contribution in [0.4, 0.5) is 0 Å². The summed E-state index contributed by atoms with van der Waals surface area (Å²) in [6, 6.07) is 12.1. The lowest BCUT2D eigenvalue weighted by Gasteiger charge is -2.06. The molecule has 2 heterocycles. The molecular formula is C20H19ClN4O3S2. The van der Waals surface area contributed by atoms with E-state index in [9.17, 15) is 8.42 Å². The van der Waals surface area contributed by atoms with Gasteiger partial charge in [0.1, 0.15) is 6.26 Å². The molecule has 0 unspecified atom stereocenters. The van der Waals surface area contributed by atoms with Gasteiger partial charge in [-0.25, -0.2) is 23.5 Å². The minimum atomic E-state index is -3.78. The number of benzene rings is 2. The highest BCUT2D eigenvalue weighted by atomic mass is 35.5. The van der Waals surface area contributed by atoms with E-state index in [1.54, 1.807) is 18.4 Å². The van der Waals surface area contributed by atoms with Crippen molar-refractivity contribution in [3.05, 3.63) is 59.4 Å². The maximum absolute atomic E-state index is 11.7. The van der Waals surface area contributed by atoms with Crippen molar-refractivity contribution in [3.8, 4) is 11.5 Å². The van der Waals surface area contributed by atoms with Gasteiger partial charge in [0.25, 0.3) is 0 Å². The zero-order valence-corrected chi connectivity index (χ0v) is 18.5. The predicted octanol–water partition coefficient (Wildman–Crippen LogP) is 4.69. The van der Waals surface area contributed by atoms with Gasteiger partial charge >= 0.3 is 0 Å². The number of imidazole rings is 1. The topological polar surface area (TPSA) is 104 Å². The SMILES string of the molecule is CCCn1c(SCc2coc(-c3ccccc3Cl)n2)nc2cc(S(N)(=O)=O)ccc21. The second kappa shape index (κ2) is 8.43. The van der Waals surface area contributed by atoms with Gasteiger partial charge in [-0.05, 0) is 36.8 Å². The van der Waals surface area contributed by atoms with Crippen molar-refractivity contribution in [2.24, 2.45) is 5.14 Å². The smallest absolute Gasteiger partial charge is 0.238 e. The van der Waals surface area contributed by atoms with E-state index in [0.717, 1.165) is 34.9 Å². The molecule has 0 atom stereocenters. The van der Waals surface area contributed by atoms with Crippen molar-refractivity contribution in [2.75, 3.05) is 0 Å².